The van der Waals surface area contributed by atoms with Crippen molar-refractivity contribution in [2.75, 3.05) is 0 Å². The maximum atomic E-state index is 9.04. The molecule has 0 saturated heterocycles. The lowest BCUT2D eigenvalue weighted by Crippen LogP contribution is -2.07. The molecule has 2 aromatic rings. The lowest BCUT2D eigenvalue weighted by Gasteiger charge is -2.04. The molecule has 0 radical (unpaired) electrons. The van der Waals surface area contributed by atoms with E-state index in [9.17, 15) is 0 Å². The van der Waals surface area contributed by atoms with Gasteiger partial charge in [-0.2, -0.15) is 0 Å². The van der Waals surface area contributed by atoms with E-state index in [-0.39, 0.29) is 0 Å². The molecule has 0 aliphatic heterocycles. The molecule has 0 aliphatic carbocycles. The average molecular weight is 225 g/mol. The number of rotatable bonds is 4. The lowest BCUT2D eigenvalue weighted by atomic mass is 10.0. The topological polar surface area (TPSA) is 32.6 Å². The molecule has 0 atom stereocenters. The molecule has 2 nitrogen and oxygen atoms in total. The highest BCUT2D eigenvalue weighted by atomic mass is 16.4. The number of benzene rings is 2. The molecular weight excluding hydrogens is 210 g/mol. The molecule has 0 aromatic heterocycles. The van der Waals surface area contributed by atoms with Gasteiger partial charge in [0.2, 0.25) is 0 Å². The van der Waals surface area contributed by atoms with Crippen molar-refractivity contribution in [3.8, 4) is 0 Å². The van der Waals surface area contributed by atoms with Gasteiger partial charge in [0, 0.05) is 12.8 Å². The van der Waals surface area contributed by atoms with E-state index in [1.54, 1.807) is 0 Å². The number of hydrogen-bond donors (Lipinski definition) is 1. The van der Waals surface area contributed by atoms with Crippen LogP contribution >= 0.6 is 0 Å². The molecule has 0 amide bonds. The summed E-state index contributed by atoms with van der Waals surface area (Å²) in [4.78, 5) is 0. The van der Waals surface area contributed by atoms with Crippen LogP contribution in [-0.4, -0.2) is 10.9 Å². The second-order valence-electron chi connectivity index (χ2n) is 3.99. The summed E-state index contributed by atoms with van der Waals surface area (Å²) in [5, 5.41) is 12.4. The van der Waals surface area contributed by atoms with Gasteiger partial charge in [0.15, 0.2) is 0 Å². The summed E-state index contributed by atoms with van der Waals surface area (Å²) in [5.74, 6) is 0. The van der Waals surface area contributed by atoms with Crippen LogP contribution in [0.1, 0.15) is 11.1 Å². The summed E-state index contributed by atoms with van der Waals surface area (Å²) in [5.41, 5.74) is 3.11. The van der Waals surface area contributed by atoms with Crippen molar-refractivity contribution in [2.45, 2.75) is 12.8 Å². The van der Waals surface area contributed by atoms with Crippen molar-refractivity contribution in [1.29, 1.82) is 0 Å². The number of oxime groups is 1. The van der Waals surface area contributed by atoms with E-state index in [0.29, 0.717) is 12.8 Å². The van der Waals surface area contributed by atoms with E-state index in [4.69, 9.17) is 5.21 Å². The molecule has 2 rings (SSSR count). The summed E-state index contributed by atoms with van der Waals surface area (Å²) in [6.07, 6.45) is 1.37. The third-order valence-electron chi connectivity index (χ3n) is 2.64. The molecule has 0 saturated carbocycles. The van der Waals surface area contributed by atoms with Gasteiger partial charge in [-0.1, -0.05) is 65.8 Å². The zero-order valence-electron chi connectivity index (χ0n) is 9.58. The molecule has 0 spiro atoms. The van der Waals surface area contributed by atoms with Gasteiger partial charge < -0.3 is 5.21 Å². The predicted octanol–water partition coefficient (Wildman–Crippen LogP) is 3.30. The van der Waals surface area contributed by atoms with E-state index in [0.717, 1.165) is 16.8 Å². The minimum Gasteiger partial charge on any atom is -0.411 e. The third kappa shape index (κ3) is 3.45. The van der Waals surface area contributed by atoms with Crippen LogP contribution in [0.3, 0.4) is 0 Å². The number of hydrogen-bond acceptors (Lipinski definition) is 2. The van der Waals surface area contributed by atoms with Crippen LogP contribution in [0.2, 0.25) is 0 Å². The smallest absolute Gasteiger partial charge is 0.0658 e. The molecular formula is C15H15NO. The van der Waals surface area contributed by atoms with E-state index in [1.165, 1.54) is 0 Å². The fraction of sp³-hybridized carbons (Fsp3) is 0.133. The predicted molar refractivity (Wildman–Crippen MR) is 69.5 cm³/mol. The van der Waals surface area contributed by atoms with Crippen LogP contribution in [0.5, 0.6) is 0 Å². The quantitative estimate of drug-likeness (QED) is 0.483. The Bertz CT molecular complexity index is 433. The highest BCUT2D eigenvalue weighted by molar-refractivity contribution is 5.88. The minimum absolute atomic E-state index is 0.687. The first kappa shape index (κ1) is 11.4. The van der Waals surface area contributed by atoms with Crippen molar-refractivity contribution < 1.29 is 5.21 Å². The van der Waals surface area contributed by atoms with Gasteiger partial charge >= 0.3 is 0 Å². The van der Waals surface area contributed by atoms with Gasteiger partial charge in [-0.3, -0.25) is 0 Å². The molecule has 0 bridgehead atoms. The largest absolute Gasteiger partial charge is 0.411 e. The molecule has 86 valence electrons. The molecule has 1 N–H and O–H groups in total. The SMILES string of the molecule is ON=C(Cc1ccccc1)Cc1ccccc1. The van der Waals surface area contributed by atoms with Crippen molar-refractivity contribution in [1.82, 2.24) is 0 Å². The van der Waals surface area contributed by atoms with Crippen molar-refractivity contribution in [3.05, 3.63) is 71.8 Å². The fourth-order valence-corrected chi connectivity index (χ4v) is 1.80. The third-order valence-corrected chi connectivity index (χ3v) is 2.64. The molecule has 0 aliphatic rings. The second-order valence-corrected chi connectivity index (χ2v) is 3.99. The van der Waals surface area contributed by atoms with Gasteiger partial charge in [0.25, 0.3) is 0 Å². The van der Waals surface area contributed by atoms with Crippen LogP contribution in [0, 0.1) is 0 Å². The fourth-order valence-electron chi connectivity index (χ4n) is 1.80. The first-order valence-corrected chi connectivity index (χ1v) is 5.66. The van der Waals surface area contributed by atoms with Crippen molar-refractivity contribution >= 4 is 5.71 Å². The molecule has 17 heavy (non-hydrogen) atoms. The molecule has 2 aromatic carbocycles. The Labute approximate surface area is 101 Å². The second kappa shape index (κ2) is 5.85. The van der Waals surface area contributed by atoms with Crippen LogP contribution in [0.4, 0.5) is 0 Å². The molecule has 0 fully saturated rings. The summed E-state index contributed by atoms with van der Waals surface area (Å²) in [7, 11) is 0. The Hall–Kier alpha value is -2.09. The Morgan fingerprint density at radius 1 is 0.765 bits per heavy atom. The molecule has 2 heteroatoms. The van der Waals surface area contributed by atoms with Crippen LogP contribution < -0.4 is 0 Å². The molecule has 0 heterocycles. The highest BCUT2D eigenvalue weighted by Gasteiger charge is 2.03. The van der Waals surface area contributed by atoms with E-state index in [2.05, 4.69) is 5.16 Å². The molecule has 0 unspecified atom stereocenters. The van der Waals surface area contributed by atoms with Gasteiger partial charge in [-0.25, -0.2) is 0 Å². The lowest BCUT2D eigenvalue weighted by molar-refractivity contribution is 0.317. The highest BCUT2D eigenvalue weighted by Crippen LogP contribution is 2.06. The standard InChI is InChI=1S/C15H15NO/c17-16-15(11-13-7-3-1-4-8-13)12-14-9-5-2-6-10-14/h1-10,17H,11-12H2. The summed E-state index contributed by atoms with van der Waals surface area (Å²) in [6.45, 7) is 0. The summed E-state index contributed by atoms with van der Waals surface area (Å²) < 4.78 is 0. The van der Waals surface area contributed by atoms with E-state index < -0.39 is 0 Å². The normalized spacial score (nSPS) is 9.88. The zero-order valence-corrected chi connectivity index (χ0v) is 9.58. The van der Waals surface area contributed by atoms with E-state index >= 15 is 0 Å². The van der Waals surface area contributed by atoms with Crippen molar-refractivity contribution in [3.63, 3.8) is 0 Å². The van der Waals surface area contributed by atoms with Gasteiger partial charge in [-0.05, 0) is 11.1 Å². The average Bonchev–Trinajstić information content (AvgIpc) is 2.40. The van der Waals surface area contributed by atoms with Crippen LogP contribution in [0.25, 0.3) is 0 Å². The van der Waals surface area contributed by atoms with Gasteiger partial charge in [-0.15, -0.1) is 0 Å². The maximum Gasteiger partial charge on any atom is 0.0658 e. The Kier molecular flexibility index (Phi) is 3.92. The first-order valence-electron chi connectivity index (χ1n) is 5.66. The minimum atomic E-state index is 0.687. The summed E-state index contributed by atoms with van der Waals surface area (Å²) >= 11 is 0. The van der Waals surface area contributed by atoms with Gasteiger partial charge in [0.1, 0.15) is 0 Å². The Morgan fingerprint density at radius 3 is 1.53 bits per heavy atom. The number of nitrogens with zero attached hydrogens (tertiary/aromatic N) is 1. The maximum absolute atomic E-state index is 9.04. The Morgan fingerprint density at radius 2 is 1.18 bits per heavy atom. The first-order chi connectivity index (χ1) is 8.38. The Balaban J connectivity index is 2.04. The van der Waals surface area contributed by atoms with E-state index in [1.807, 2.05) is 60.7 Å². The van der Waals surface area contributed by atoms with Crippen molar-refractivity contribution in [2.24, 2.45) is 5.16 Å². The summed E-state index contributed by atoms with van der Waals surface area (Å²) in [6, 6.07) is 20.1. The van der Waals surface area contributed by atoms with Crippen LogP contribution in [-0.2, 0) is 12.8 Å². The zero-order chi connectivity index (χ0) is 11.9. The van der Waals surface area contributed by atoms with Crippen LogP contribution in [0.15, 0.2) is 65.8 Å². The van der Waals surface area contributed by atoms with Gasteiger partial charge in [0.05, 0.1) is 5.71 Å². The monoisotopic (exact) mass is 225 g/mol.